The van der Waals surface area contributed by atoms with Gasteiger partial charge in [0.2, 0.25) is 0 Å². The number of rotatable bonds is 13. The van der Waals surface area contributed by atoms with Crippen molar-refractivity contribution in [2.45, 2.75) is 54.1 Å². The van der Waals surface area contributed by atoms with E-state index in [0.29, 0.717) is 12.8 Å². The average molecular weight is 456 g/mol. The minimum atomic E-state index is -4.84. The summed E-state index contributed by atoms with van der Waals surface area (Å²) in [7, 11) is -4.84. The van der Waals surface area contributed by atoms with Crippen LogP contribution >= 0.6 is 0 Å². The van der Waals surface area contributed by atoms with Gasteiger partial charge in [0.1, 0.15) is 11.0 Å². The SMILES string of the molecule is CC(=O)C/C=C/CCC(=O)C(CCCN=[N+]=[N-])S(=O)(O)(c1ccccc1)c1ccccc1. The van der Waals surface area contributed by atoms with Crippen LogP contribution in [0.1, 0.15) is 39.0 Å². The van der Waals surface area contributed by atoms with Crippen molar-refractivity contribution in [3.05, 3.63) is 83.3 Å². The van der Waals surface area contributed by atoms with Gasteiger partial charge in [-0.05, 0) is 56.0 Å². The highest BCUT2D eigenvalue weighted by Crippen LogP contribution is 2.46. The second-order valence-electron chi connectivity index (χ2n) is 7.56. The van der Waals surface area contributed by atoms with Crippen LogP contribution < -0.4 is 0 Å². The van der Waals surface area contributed by atoms with Gasteiger partial charge in [-0.25, -0.2) is 0 Å². The fourth-order valence-electron chi connectivity index (χ4n) is 3.60. The number of ketones is 2. The number of benzene rings is 2. The Morgan fingerprint density at radius 3 is 2.12 bits per heavy atom. The molecule has 0 aliphatic carbocycles. The van der Waals surface area contributed by atoms with Gasteiger partial charge in [0, 0.05) is 24.3 Å². The molecule has 2 rings (SSSR count). The minimum absolute atomic E-state index is 0.0234. The molecule has 2 aromatic rings. The maximum Gasteiger partial charge on any atom is 0.155 e. The van der Waals surface area contributed by atoms with E-state index in [1.807, 2.05) is 0 Å². The Labute approximate surface area is 188 Å². The van der Waals surface area contributed by atoms with E-state index in [0.717, 1.165) is 0 Å². The first-order valence-corrected chi connectivity index (χ1v) is 12.5. The lowest BCUT2D eigenvalue weighted by molar-refractivity contribution is -0.119. The largest absolute Gasteiger partial charge is 0.300 e. The summed E-state index contributed by atoms with van der Waals surface area (Å²) in [6, 6.07) is 16.5. The third kappa shape index (κ3) is 6.01. The van der Waals surface area contributed by atoms with Gasteiger partial charge in [-0.3, -0.25) is 14.1 Å². The molecular weight excluding hydrogens is 426 g/mol. The van der Waals surface area contributed by atoms with E-state index in [1.54, 1.807) is 72.8 Å². The number of Topliss-reactive ketones (excluding diaryl/α,β-unsaturated/α-hetero) is 2. The van der Waals surface area contributed by atoms with Gasteiger partial charge in [-0.15, -0.1) is 9.35 Å². The Morgan fingerprint density at radius 2 is 1.62 bits per heavy atom. The monoisotopic (exact) mass is 455 g/mol. The molecule has 0 spiro atoms. The van der Waals surface area contributed by atoms with Crippen LogP contribution in [0.15, 0.2) is 87.7 Å². The van der Waals surface area contributed by atoms with Crippen LogP contribution in [0.2, 0.25) is 0 Å². The number of azide groups is 1. The molecule has 0 aliphatic rings. The van der Waals surface area contributed by atoms with Crippen LogP contribution in [-0.2, 0) is 18.9 Å². The van der Waals surface area contributed by atoms with Gasteiger partial charge >= 0.3 is 0 Å². The molecular formula is C24H29N3O4S. The van der Waals surface area contributed by atoms with Gasteiger partial charge in [-0.2, -0.15) is 4.21 Å². The highest BCUT2D eigenvalue weighted by Gasteiger charge is 2.44. The lowest BCUT2D eigenvalue weighted by atomic mass is 10.1. The van der Waals surface area contributed by atoms with Gasteiger partial charge in [-0.1, -0.05) is 53.7 Å². The summed E-state index contributed by atoms with van der Waals surface area (Å²) in [5, 5.41) is 2.31. The van der Waals surface area contributed by atoms with E-state index in [-0.39, 0.29) is 47.2 Å². The first kappa shape index (κ1) is 25.2. The molecule has 0 saturated carbocycles. The van der Waals surface area contributed by atoms with E-state index in [9.17, 15) is 18.4 Å². The zero-order valence-electron chi connectivity index (χ0n) is 18.2. The Balaban J connectivity index is 2.49. The molecule has 0 heterocycles. The Morgan fingerprint density at radius 1 is 1.06 bits per heavy atom. The van der Waals surface area contributed by atoms with Crippen LogP contribution in [0.4, 0.5) is 0 Å². The molecule has 170 valence electrons. The van der Waals surface area contributed by atoms with Crippen LogP contribution in [0, 0.1) is 0 Å². The fraction of sp³-hybridized carbons (Fsp3) is 0.333. The van der Waals surface area contributed by atoms with Crippen LogP contribution in [0.3, 0.4) is 0 Å². The zero-order valence-corrected chi connectivity index (χ0v) is 19.0. The van der Waals surface area contributed by atoms with E-state index in [1.165, 1.54) is 6.92 Å². The molecule has 0 fully saturated rings. The maximum absolute atomic E-state index is 14.7. The molecule has 32 heavy (non-hydrogen) atoms. The molecule has 8 heteroatoms. The van der Waals surface area contributed by atoms with Crippen LogP contribution in [0.25, 0.3) is 10.4 Å². The van der Waals surface area contributed by atoms with Crippen molar-refractivity contribution in [3.63, 3.8) is 0 Å². The summed E-state index contributed by atoms with van der Waals surface area (Å²) in [5.74, 6) is -0.319. The standard InChI is InChI=1S/C24H29N3O4S/c1-20(28)12-5-2-10-17-23(29)24(18-11-19-26-27-25)32(30,31,21-13-6-3-7-14-21)22-15-8-4-9-16-22/h2-9,13-16,24H,10-12,17-19H2,1H3,(H,30,31)/b5-2+. The van der Waals surface area contributed by atoms with E-state index < -0.39 is 14.6 Å². The summed E-state index contributed by atoms with van der Waals surface area (Å²) in [5.41, 5.74) is 8.57. The van der Waals surface area contributed by atoms with Crippen molar-refractivity contribution in [2.75, 3.05) is 6.54 Å². The summed E-state index contributed by atoms with van der Waals surface area (Å²) in [6.07, 6.45) is 4.57. The topological polar surface area (TPSA) is 120 Å². The molecule has 1 N–H and O–H groups in total. The highest BCUT2D eigenvalue weighted by atomic mass is 32.3. The van der Waals surface area contributed by atoms with E-state index in [2.05, 4.69) is 10.0 Å². The smallest absolute Gasteiger partial charge is 0.155 e. The van der Waals surface area contributed by atoms with Gasteiger partial charge in [0.05, 0.1) is 9.79 Å². The molecule has 0 radical (unpaired) electrons. The van der Waals surface area contributed by atoms with Crippen molar-refractivity contribution in [3.8, 4) is 0 Å². The Bertz CT molecular complexity index is 1020. The number of hydrogen-bond donors (Lipinski definition) is 1. The summed E-state index contributed by atoms with van der Waals surface area (Å²) >= 11 is 0. The summed E-state index contributed by atoms with van der Waals surface area (Å²) in [4.78, 5) is 27.6. The molecule has 7 nitrogen and oxygen atoms in total. The zero-order chi connectivity index (χ0) is 23.5. The molecule has 2 aromatic carbocycles. The molecule has 0 aliphatic heterocycles. The Hall–Kier alpha value is -3.06. The Kier molecular flexibility index (Phi) is 9.08. The second kappa shape index (κ2) is 11.5. The number of hydrogen-bond acceptors (Lipinski definition) is 4. The minimum Gasteiger partial charge on any atom is -0.300 e. The third-order valence-corrected chi connectivity index (χ3v) is 9.12. The molecule has 0 aromatic heterocycles. The van der Waals surface area contributed by atoms with Gasteiger partial charge < -0.3 is 0 Å². The summed E-state index contributed by atoms with van der Waals surface area (Å²) < 4.78 is 26.8. The first-order valence-electron chi connectivity index (χ1n) is 10.5. The van der Waals surface area contributed by atoms with Crippen molar-refractivity contribution in [2.24, 2.45) is 5.11 Å². The maximum atomic E-state index is 14.7. The van der Waals surface area contributed by atoms with Crippen LogP contribution in [0.5, 0.6) is 0 Å². The highest BCUT2D eigenvalue weighted by molar-refractivity contribution is 8.16. The lowest BCUT2D eigenvalue weighted by Gasteiger charge is -2.49. The van der Waals surface area contributed by atoms with Crippen LogP contribution in [-0.4, -0.2) is 32.1 Å². The average Bonchev–Trinajstić information content (AvgIpc) is 2.79. The lowest BCUT2D eigenvalue weighted by Crippen LogP contribution is -2.49. The molecule has 0 amide bonds. The molecule has 1 atom stereocenters. The van der Waals surface area contributed by atoms with Crippen molar-refractivity contribution in [1.82, 2.24) is 0 Å². The normalized spacial score (nSPS) is 13.6. The van der Waals surface area contributed by atoms with Crippen molar-refractivity contribution in [1.29, 1.82) is 0 Å². The third-order valence-electron chi connectivity index (χ3n) is 5.20. The van der Waals surface area contributed by atoms with E-state index >= 15 is 0 Å². The fourth-order valence-corrected chi connectivity index (χ4v) is 7.11. The first-order chi connectivity index (χ1) is 15.3. The predicted molar refractivity (Wildman–Crippen MR) is 126 cm³/mol. The number of carbonyl (C=O) groups excluding carboxylic acids is 2. The molecule has 1 unspecified atom stereocenters. The summed E-state index contributed by atoms with van der Waals surface area (Å²) in [6.45, 7) is 1.62. The second-order valence-corrected chi connectivity index (χ2v) is 11.0. The van der Waals surface area contributed by atoms with Crippen molar-refractivity contribution >= 4 is 20.9 Å². The quantitative estimate of drug-likeness (QED) is 0.136. The number of carbonyl (C=O) groups is 2. The van der Waals surface area contributed by atoms with E-state index in [4.69, 9.17) is 5.53 Å². The van der Waals surface area contributed by atoms with Crippen molar-refractivity contribution < 1.29 is 18.4 Å². The van der Waals surface area contributed by atoms with Gasteiger partial charge in [0.25, 0.3) is 0 Å². The van der Waals surface area contributed by atoms with Gasteiger partial charge in [0.15, 0.2) is 5.78 Å². The molecule has 0 saturated heterocycles. The number of nitrogens with zero attached hydrogens (tertiary/aromatic N) is 3. The molecule has 0 bridgehead atoms. The number of allylic oxidation sites excluding steroid dienone is 2. The predicted octanol–water partition coefficient (Wildman–Crippen LogP) is 5.74.